The molecule has 4 nitrogen and oxygen atoms in total. The summed E-state index contributed by atoms with van der Waals surface area (Å²) < 4.78 is 9.48. The number of nitrogens with one attached hydrogen (secondary N) is 1. The largest absolute Gasteiger partial charge is 0.463 e. The fraction of sp³-hybridized carbons (Fsp3) is 0.900. The summed E-state index contributed by atoms with van der Waals surface area (Å²) in [4.78, 5) is 10.8. The molecule has 0 saturated carbocycles. The zero-order valence-corrected chi connectivity index (χ0v) is 9.34. The Bertz CT molecular complexity index is 148. The van der Waals surface area contributed by atoms with Gasteiger partial charge in [0.05, 0.1) is 0 Å². The van der Waals surface area contributed by atoms with E-state index >= 15 is 0 Å². The van der Waals surface area contributed by atoms with Gasteiger partial charge in [-0.3, -0.25) is 0 Å². The van der Waals surface area contributed by atoms with E-state index in [2.05, 4.69) is 23.9 Å². The molecular weight excluding hydrogens is 182 g/mol. The molecule has 0 spiro atoms. The predicted molar refractivity (Wildman–Crippen MR) is 55.2 cm³/mol. The zero-order chi connectivity index (χ0) is 10.8. The average molecular weight is 203 g/mol. The van der Waals surface area contributed by atoms with Crippen LogP contribution in [0.4, 0.5) is 0 Å². The number of esters is 1. The zero-order valence-electron chi connectivity index (χ0n) is 9.34. The van der Waals surface area contributed by atoms with E-state index in [0.29, 0.717) is 19.1 Å². The molecule has 0 unspecified atom stereocenters. The first-order valence-electron chi connectivity index (χ1n) is 5.02. The van der Waals surface area contributed by atoms with Crippen LogP contribution in [0.25, 0.3) is 0 Å². The van der Waals surface area contributed by atoms with Crippen molar-refractivity contribution in [3.8, 4) is 0 Å². The lowest BCUT2D eigenvalue weighted by Crippen LogP contribution is -2.24. The van der Waals surface area contributed by atoms with Gasteiger partial charge in [-0.1, -0.05) is 13.8 Å². The van der Waals surface area contributed by atoms with Gasteiger partial charge < -0.3 is 14.8 Å². The fourth-order valence-electron chi connectivity index (χ4n) is 0.912. The van der Waals surface area contributed by atoms with Crippen molar-refractivity contribution in [2.24, 2.45) is 5.92 Å². The summed E-state index contributed by atoms with van der Waals surface area (Å²) in [7, 11) is 1.47. The van der Waals surface area contributed by atoms with Crippen molar-refractivity contribution in [3.05, 3.63) is 0 Å². The minimum Gasteiger partial charge on any atom is -0.463 e. The van der Waals surface area contributed by atoms with Crippen LogP contribution < -0.4 is 5.32 Å². The van der Waals surface area contributed by atoms with Gasteiger partial charge >= 0.3 is 5.97 Å². The van der Waals surface area contributed by atoms with Crippen molar-refractivity contribution in [3.63, 3.8) is 0 Å². The van der Waals surface area contributed by atoms with Gasteiger partial charge in [0.1, 0.15) is 13.2 Å². The van der Waals surface area contributed by atoms with Crippen LogP contribution in [0.5, 0.6) is 0 Å². The summed E-state index contributed by atoms with van der Waals surface area (Å²) >= 11 is 0. The first-order valence-corrected chi connectivity index (χ1v) is 5.02. The molecule has 0 aromatic rings. The summed E-state index contributed by atoms with van der Waals surface area (Å²) in [5.74, 6) is 0.400. The van der Waals surface area contributed by atoms with Crippen molar-refractivity contribution >= 4 is 5.97 Å². The Kier molecular flexibility index (Phi) is 8.57. The first kappa shape index (κ1) is 13.4. The van der Waals surface area contributed by atoms with Crippen LogP contribution >= 0.6 is 0 Å². The van der Waals surface area contributed by atoms with E-state index in [9.17, 15) is 4.79 Å². The molecular formula is C10H21NO3. The van der Waals surface area contributed by atoms with Crippen molar-refractivity contribution in [2.45, 2.75) is 20.3 Å². The van der Waals surface area contributed by atoms with Crippen LogP contribution in [-0.4, -0.2) is 39.4 Å². The molecule has 14 heavy (non-hydrogen) atoms. The monoisotopic (exact) mass is 203 g/mol. The molecule has 1 N–H and O–H groups in total. The Labute approximate surface area is 86.0 Å². The molecule has 0 amide bonds. The third kappa shape index (κ3) is 9.48. The Morgan fingerprint density at radius 3 is 2.64 bits per heavy atom. The van der Waals surface area contributed by atoms with Gasteiger partial charge in [-0.25, -0.2) is 4.79 Å². The number of ether oxygens (including phenoxy) is 2. The van der Waals surface area contributed by atoms with Crippen molar-refractivity contribution in [2.75, 3.05) is 33.4 Å². The third-order valence-corrected chi connectivity index (χ3v) is 1.70. The van der Waals surface area contributed by atoms with E-state index in [0.717, 1.165) is 13.0 Å². The van der Waals surface area contributed by atoms with E-state index in [1.165, 1.54) is 7.11 Å². The van der Waals surface area contributed by atoms with Gasteiger partial charge in [0.25, 0.3) is 0 Å². The molecule has 4 heteroatoms. The quantitative estimate of drug-likeness (QED) is 0.468. The molecule has 0 aliphatic carbocycles. The normalized spacial score (nSPS) is 10.6. The van der Waals surface area contributed by atoms with Gasteiger partial charge in [0.2, 0.25) is 0 Å². The lowest BCUT2D eigenvalue weighted by molar-refractivity contribution is -0.147. The number of methoxy groups -OCH3 is 1. The van der Waals surface area contributed by atoms with Crippen LogP contribution in [-0.2, 0) is 14.3 Å². The van der Waals surface area contributed by atoms with Crippen LogP contribution in [0.3, 0.4) is 0 Å². The number of hydrogen-bond acceptors (Lipinski definition) is 4. The van der Waals surface area contributed by atoms with E-state index < -0.39 is 0 Å². The maximum absolute atomic E-state index is 10.8. The molecule has 0 radical (unpaired) electrons. The molecule has 0 saturated heterocycles. The lowest BCUT2D eigenvalue weighted by Gasteiger charge is -2.07. The number of hydrogen-bond donors (Lipinski definition) is 1. The fourth-order valence-corrected chi connectivity index (χ4v) is 0.912. The van der Waals surface area contributed by atoms with Crippen molar-refractivity contribution in [1.29, 1.82) is 0 Å². The molecule has 0 aromatic heterocycles. The minimum absolute atomic E-state index is 0.0337. The Morgan fingerprint density at radius 2 is 2.07 bits per heavy atom. The summed E-state index contributed by atoms with van der Waals surface area (Å²) in [5, 5.41) is 3.20. The van der Waals surface area contributed by atoms with Crippen molar-refractivity contribution in [1.82, 2.24) is 5.32 Å². The van der Waals surface area contributed by atoms with Crippen LogP contribution in [0.15, 0.2) is 0 Å². The van der Waals surface area contributed by atoms with Crippen LogP contribution in [0.1, 0.15) is 20.3 Å². The smallest absolute Gasteiger partial charge is 0.332 e. The highest BCUT2D eigenvalue weighted by atomic mass is 16.6. The maximum atomic E-state index is 10.8. The van der Waals surface area contributed by atoms with Gasteiger partial charge in [-0.05, 0) is 18.9 Å². The van der Waals surface area contributed by atoms with Gasteiger partial charge in [0.15, 0.2) is 0 Å². The molecule has 0 bridgehead atoms. The lowest BCUT2D eigenvalue weighted by atomic mass is 10.1. The summed E-state index contributed by atoms with van der Waals surface area (Å²) in [6.45, 7) is 6.49. The highest BCUT2D eigenvalue weighted by Gasteiger charge is 1.99. The van der Waals surface area contributed by atoms with E-state index in [1.54, 1.807) is 0 Å². The molecule has 0 rings (SSSR count). The van der Waals surface area contributed by atoms with Gasteiger partial charge in [-0.15, -0.1) is 0 Å². The number of rotatable bonds is 8. The number of carbonyl (C=O) groups is 1. The second-order valence-corrected chi connectivity index (χ2v) is 3.59. The van der Waals surface area contributed by atoms with E-state index in [1.807, 2.05) is 0 Å². The highest BCUT2D eigenvalue weighted by molar-refractivity contribution is 5.70. The van der Waals surface area contributed by atoms with Gasteiger partial charge in [0, 0.05) is 13.7 Å². The summed E-state index contributed by atoms with van der Waals surface area (Å²) in [6, 6.07) is 0. The molecule has 0 heterocycles. The van der Waals surface area contributed by atoms with E-state index in [-0.39, 0.29) is 12.6 Å². The predicted octanol–water partition coefficient (Wildman–Crippen LogP) is 0.812. The van der Waals surface area contributed by atoms with Crippen LogP contribution in [0, 0.1) is 5.92 Å². The SMILES string of the molecule is COCC(=O)OCCNCCC(C)C. The summed E-state index contributed by atoms with van der Waals surface area (Å²) in [5.41, 5.74) is 0. The van der Waals surface area contributed by atoms with E-state index in [4.69, 9.17) is 4.74 Å². The molecule has 0 atom stereocenters. The third-order valence-electron chi connectivity index (χ3n) is 1.70. The Morgan fingerprint density at radius 1 is 1.36 bits per heavy atom. The van der Waals surface area contributed by atoms with Crippen LogP contribution in [0.2, 0.25) is 0 Å². The Hall–Kier alpha value is -0.610. The topological polar surface area (TPSA) is 47.6 Å². The first-order chi connectivity index (χ1) is 6.66. The van der Waals surface area contributed by atoms with Gasteiger partial charge in [-0.2, -0.15) is 0 Å². The molecule has 0 aliphatic rings. The Balaban J connectivity index is 3.09. The molecule has 0 fully saturated rings. The molecule has 0 aliphatic heterocycles. The standard InChI is InChI=1S/C10H21NO3/c1-9(2)4-5-11-6-7-14-10(12)8-13-3/h9,11H,4-8H2,1-3H3. The summed E-state index contributed by atoms with van der Waals surface area (Å²) in [6.07, 6.45) is 1.14. The second-order valence-electron chi connectivity index (χ2n) is 3.59. The maximum Gasteiger partial charge on any atom is 0.332 e. The van der Waals surface area contributed by atoms with Crippen molar-refractivity contribution < 1.29 is 14.3 Å². The number of carbonyl (C=O) groups excluding carboxylic acids is 1. The average Bonchev–Trinajstić information content (AvgIpc) is 2.11. The minimum atomic E-state index is -0.307. The highest BCUT2D eigenvalue weighted by Crippen LogP contribution is 1.95. The molecule has 84 valence electrons. The second kappa shape index (κ2) is 8.97. The molecule has 0 aromatic carbocycles.